The maximum Gasteiger partial charge on any atom is -0.0126 e. The van der Waals surface area contributed by atoms with Crippen LogP contribution in [0.3, 0.4) is 0 Å². The zero-order valence-corrected chi connectivity index (χ0v) is 65.9. The zero-order chi connectivity index (χ0) is 70.1. The topological polar surface area (TPSA) is 0 Å². The Morgan fingerprint density at radius 1 is 0.165 bits per heavy atom. The molecule has 0 heteroatoms. The molecule has 0 heterocycles. The van der Waals surface area contributed by atoms with Crippen LogP contribution in [0.2, 0.25) is 0 Å². The fourth-order valence-electron chi connectivity index (χ4n) is 9.51. The van der Waals surface area contributed by atoms with Crippen LogP contribution in [0.4, 0.5) is 0 Å². The predicted molar refractivity (Wildman–Crippen MR) is 431 cm³/mol. The molecule has 0 bridgehead atoms. The van der Waals surface area contributed by atoms with Crippen LogP contribution in [0.15, 0.2) is 146 Å². The van der Waals surface area contributed by atoms with E-state index in [1.54, 1.807) is 0 Å². The molecule has 0 nitrogen and oxygen atoms in total. The first-order valence-corrected chi connectivity index (χ1v) is 34.4. The van der Waals surface area contributed by atoms with Crippen molar-refractivity contribution in [1.82, 2.24) is 0 Å². The Balaban J connectivity index is -0.000000238. The molecule has 0 aliphatic heterocycles. The van der Waals surface area contributed by atoms with Gasteiger partial charge in [-0.15, -0.1) is 0 Å². The van der Waals surface area contributed by atoms with E-state index in [1.165, 1.54) is 77.2 Å². The molecule has 0 aliphatic carbocycles. The highest BCUT2D eigenvalue weighted by Crippen LogP contribution is 2.37. The fourth-order valence-corrected chi connectivity index (χ4v) is 9.51. The summed E-state index contributed by atoms with van der Waals surface area (Å²) in [5, 5.41) is 5.49. The van der Waals surface area contributed by atoms with Crippen molar-refractivity contribution >= 4 is 21.5 Å². The van der Waals surface area contributed by atoms with Gasteiger partial charge in [-0.05, 0) is 131 Å². The second kappa shape index (κ2) is 41.0. The van der Waals surface area contributed by atoms with Gasteiger partial charge in [0.1, 0.15) is 0 Å². The number of rotatable bonds is 0. The smallest absolute Gasteiger partial charge is 0.0126 e. The van der Waals surface area contributed by atoms with Gasteiger partial charge in [-0.1, -0.05) is 445 Å². The molecule has 0 aromatic heterocycles. The van der Waals surface area contributed by atoms with Crippen LogP contribution < -0.4 is 0 Å². The molecule has 0 saturated carbocycles. The molecule has 0 saturated heterocycles. The summed E-state index contributed by atoms with van der Waals surface area (Å²) in [6, 6.07) is 53.8. The number of benzene rings is 7. The van der Waals surface area contributed by atoms with E-state index >= 15 is 0 Å². The Kier molecular flexibility index (Phi) is 43.8. The molecule has 7 aromatic rings. The van der Waals surface area contributed by atoms with E-state index in [4.69, 9.17) is 0 Å². The molecule has 0 unspecified atom stereocenters. The molecular weight excluding hydrogens is 1090 g/mol. The van der Waals surface area contributed by atoms with Crippen LogP contribution in [-0.4, -0.2) is 0 Å². The maximum absolute atomic E-state index is 2.33. The second-order valence-electron chi connectivity index (χ2n) is 32.7. The van der Waals surface area contributed by atoms with Gasteiger partial charge in [0.05, 0.1) is 0 Å². The highest BCUT2D eigenvalue weighted by Gasteiger charge is 2.25. The molecule has 7 aromatic carbocycles. The van der Waals surface area contributed by atoms with E-state index in [2.05, 4.69) is 353 Å². The Morgan fingerprint density at radius 3 is 0.560 bits per heavy atom. The van der Waals surface area contributed by atoms with Crippen molar-refractivity contribution in [2.24, 2.45) is 0 Å². The van der Waals surface area contributed by atoms with Crippen molar-refractivity contribution in [1.29, 1.82) is 0 Å². The van der Waals surface area contributed by atoms with Gasteiger partial charge in [0, 0.05) is 0 Å². The van der Waals surface area contributed by atoms with Gasteiger partial charge in [0.2, 0.25) is 0 Å². The Bertz CT molecular complexity index is 2780. The molecule has 0 radical (unpaired) electrons. The maximum atomic E-state index is 2.33. The summed E-state index contributed by atoms with van der Waals surface area (Å²) in [7, 11) is 0. The lowest BCUT2D eigenvalue weighted by molar-refractivity contribution is 0.530. The first-order chi connectivity index (χ1) is 40.0. The fraction of sp³-hybridized carbons (Fsp3) is 0.582. The first kappa shape index (κ1) is 97.1. The van der Waals surface area contributed by atoms with E-state index in [0.717, 1.165) is 0 Å². The monoisotopic (exact) mass is 1250 g/mol. The van der Waals surface area contributed by atoms with E-state index in [1.807, 2.05) is 69.2 Å². The number of hydrogen-bond donors (Lipinski definition) is 0. The van der Waals surface area contributed by atoms with Gasteiger partial charge in [-0.2, -0.15) is 0 Å². The van der Waals surface area contributed by atoms with Gasteiger partial charge in [-0.3, -0.25) is 0 Å². The third-order valence-corrected chi connectivity index (χ3v) is 14.9. The van der Waals surface area contributed by atoms with Crippen molar-refractivity contribution in [3.8, 4) is 0 Å². The molecule has 91 heavy (non-hydrogen) atoms. The van der Waals surface area contributed by atoms with Crippen LogP contribution in [-0.2, 0) is 54.1 Å². The normalized spacial score (nSPS) is 11.5. The minimum Gasteiger partial charge on any atom is -0.0776 e. The summed E-state index contributed by atoms with van der Waals surface area (Å²) in [4.78, 5) is 0. The largest absolute Gasteiger partial charge is 0.0776 e. The molecule has 520 valence electrons. The molecule has 0 N–H and O–H groups in total. The third kappa shape index (κ3) is 33.6. The minimum absolute atomic E-state index is 0. The molecule has 0 amide bonds. The molecular formula is C91H156. The Labute approximate surface area is 572 Å². The van der Waals surface area contributed by atoms with Gasteiger partial charge < -0.3 is 0 Å². The van der Waals surface area contributed by atoms with Gasteiger partial charge >= 0.3 is 0 Å². The average molecular weight is 1250 g/mol. The summed E-state index contributed by atoms with van der Waals surface area (Å²) in [6.45, 7) is 88.0. The SMILES string of the molecule is C.C.C.CC.CC.CC.CC.CC.CC(C)(C)c1ccc(C(C)(C)C)cc1.CC(C)(C)c1ccc2cc(C(C)(C)C)ccc2c1.CC(C)(C)c1cccc(C(C)(C)C)c1.CC(C)(C)c1cccc2c(C(C)(C)C)cccc12.CC(C)(C)c1ccccc1C(C)(C)C. The first-order valence-electron chi connectivity index (χ1n) is 34.4. The number of hydrogen-bond acceptors (Lipinski definition) is 0. The molecule has 7 rings (SSSR count). The second-order valence-corrected chi connectivity index (χ2v) is 32.7. The average Bonchev–Trinajstić information content (AvgIpc) is 0.847. The molecule has 0 spiro atoms. The van der Waals surface area contributed by atoms with Gasteiger partial charge in [0.15, 0.2) is 0 Å². The van der Waals surface area contributed by atoms with Crippen LogP contribution >= 0.6 is 0 Å². The number of fused-ring (bicyclic) bond motifs is 2. The summed E-state index contributed by atoms with van der Waals surface area (Å²) in [6.07, 6.45) is 0. The predicted octanol–water partition coefficient (Wildman–Crippen LogP) is 30.8. The summed E-state index contributed by atoms with van der Waals surface area (Å²) in [5.74, 6) is 0. The van der Waals surface area contributed by atoms with Crippen molar-refractivity contribution in [3.63, 3.8) is 0 Å². The Morgan fingerprint density at radius 2 is 0.352 bits per heavy atom. The molecule has 0 atom stereocenters. The quantitative estimate of drug-likeness (QED) is 0.142. The van der Waals surface area contributed by atoms with Crippen molar-refractivity contribution in [3.05, 3.63) is 201 Å². The summed E-state index contributed by atoms with van der Waals surface area (Å²) < 4.78 is 0. The molecule has 0 fully saturated rings. The van der Waals surface area contributed by atoms with Crippen molar-refractivity contribution in [2.45, 2.75) is 353 Å². The highest BCUT2D eigenvalue weighted by atomic mass is 14.3. The van der Waals surface area contributed by atoms with Crippen LogP contribution in [0, 0.1) is 0 Å². The molecule has 0 aliphatic rings. The van der Waals surface area contributed by atoms with E-state index in [0.29, 0.717) is 0 Å². The highest BCUT2D eigenvalue weighted by molar-refractivity contribution is 5.90. The van der Waals surface area contributed by atoms with Crippen LogP contribution in [0.25, 0.3) is 21.5 Å². The summed E-state index contributed by atoms with van der Waals surface area (Å²) in [5.41, 5.74) is 16.6. The lowest BCUT2D eigenvalue weighted by atomic mass is 9.75. The van der Waals surface area contributed by atoms with E-state index in [-0.39, 0.29) is 76.4 Å². The Hall–Kier alpha value is -4.94. The van der Waals surface area contributed by atoms with E-state index < -0.39 is 0 Å². The van der Waals surface area contributed by atoms with Gasteiger partial charge in [0.25, 0.3) is 0 Å². The van der Waals surface area contributed by atoms with Gasteiger partial charge in [-0.25, -0.2) is 0 Å². The zero-order valence-electron chi connectivity index (χ0n) is 65.9. The van der Waals surface area contributed by atoms with Crippen molar-refractivity contribution < 1.29 is 0 Å². The lowest BCUT2D eigenvalue weighted by Crippen LogP contribution is -2.21. The standard InChI is InChI=1S/2C18H24.3C14H22.5C2H6.3CH4/c1-17(2,3)15-11-7-10-14-13(15)9-8-12-16(14)18(4,5)6;1-17(2,3)15-9-7-14-12-16(18(4,5)6)10-8-13(14)11-15;1-13(2,3)11-7-9-12(10-8-11)14(4,5)6;1-13(2,3)11-8-7-9-12(10-11)14(4,5)6;1-13(2,3)11-9-7-8-10-12(11)14(4,5)6;5*1-2;;;/h2*7-12H,1-6H3;3*7-10H,1-6H3;5*1-2H3;3*1H4. The summed E-state index contributed by atoms with van der Waals surface area (Å²) >= 11 is 0. The van der Waals surface area contributed by atoms with Crippen LogP contribution in [0.1, 0.15) is 355 Å². The van der Waals surface area contributed by atoms with Crippen molar-refractivity contribution in [2.75, 3.05) is 0 Å². The van der Waals surface area contributed by atoms with E-state index in [9.17, 15) is 0 Å². The third-order valence-electron chi connectivity index (χ3n) is 14.9. The van der Waals surface area contributed by atoms with Crippen LogP contribution in [0.5, 0.6) is 0 Å². The lowest BCUT2D eigenvalue weighted by Gasteiger charge is -2.29. The minimum atomic E-state index is 0.